The molecule has 0 aliphatic carbocycles. The predicted molar refractivity (Wildman–Crippen MR) is 68.8 cm³/mol. The van der Waals surface area contributed by atoms with Crippen molar-refractivity contribution >= 4 is 9.84 Å². The van der Waals surface area contributed by atoms with Crippen molar-refractivity contribution in [1.82, 2.24) is 20.3 Å². The highest BCUT2D eigenvalue weighted by Crippen LogP contribution is 2.30. The Kier molecular flexibility index (Phi) is 4.01. The molecular weight excluding hydrogens is 252 g/mol. The van der Waals surface area contributed by atoms with Gasteiger partial charge in [-0.3, -0.25) is 4.68 Å². The number of nitrogens with zero attached hydrogens (tertiary/aromatic N) is 3. The lowest BCUT2D eigenvalue weighted by Crippen LogP contribution is -2.31. The fraction of sp³-hybridized carbons (Fsp3) is 0.818. The monoisotopic (exact) mass is 272 g/mol. The molecule has 0 amide bonds. The van der Waals surface area contributed by atoms with Crippen LogP contribution < -0.4 is 5.32 Å². The van der Waals surface area contributed by atoms with Crippen LogP contribution in [0.15, 0.2) is 6.20 Å². The standard InChI is InChI=1S/C11H20N4O2S/c1-3-5-12-11(10-7-13-14-15(10)2)9-4-6-18(16,17)8-9/h7,9,11-12H,3-6,8H2,1-2H3. The van der Waals surface area contributed by atoms with Crippen LogP contribution in [0.4, 0.5) is 0 Å². The summed E-state index contributed by atoms with van der Waals surface area (Å²) in [5, 5.41) is 11.2. The Hall–Kier alpha value is -0.950. The summed E-state index contributed by atoms with van der Waals surface area (Å²) in [6, 6.07) is 0.0298. The summed E-state index contributed by atoms with van der Waals surface area (Å²) in [5.74, 6) is 0.686. The molecule has 7 heteroatoms. The van der Waals surface area contributed by atoms with Crippen LogP contribution in [0.1, 0.15) is 31.5 Å². The van der Waals surface area contributed by atoms with E-state index in [1.807, 2.05) is 7.05 Å². The minimum absolute atomic E-state index is 0.0298. The molecule has 18 heavy (non-hydrogen) atoms. The van der Waals surface area contributed by atoms with Gasteiger partial charge >= 0.3 is 0 Å². The highest BCUT2D eigenvalue weighted by molar-refractivity contribution is 7.91. The molecule has 2 heterocycles. The van der Waals surface area contributed by atoms with E-state index in [4.69, 9.17) is 0 Å². The highest BCUT2D eigenvalue weighted by Gasteiger charge is 2.35. The molecule has 1 aromatic rings. The van der Waals surface area contributed by atoms with Crippen molar-refractivity contribution < 1.29 is 8.42 Å². The first-order valence-electron chi connectivity index (χ1n) is 6.32. The van der Waals surface area contributed by atoms with Crippen molar-refractivity contribution in [1.29, 1.82) is 0 Å². The molecule has 0 bridgehead atoms. The summed E-state index contributed by atoms with van der Waals surface area (Å²) in [5.41, 5.74) is 0.963. The topological polar surface area (TPSA) is 76.9 Å². The number of aryl methyl sites for hydroxylation is 1. The first kappa shape index (κ1) is 13.5. The van der Waals surface area contributed by atoms with E-state index in [9.17, 15) is 8.42 Å². The lowest BCUT2D eigenvalue weighted by molar-refractivity contribution is 0.373. The molecule has 0 spiro atoms. The Morgan fingerprint density at radius 3 is 2.89 bits per heavy atom. The Bertz CT molecular complexity index is 497. The third-order valence-corrected chi connectivity index (χ3v) is 5.22. The van der Waals surface area contributed by atoms with Gasteiger partial charge in [0.25, 0.3) is 0 Å². The molecule has 6 nitrogen and oxygen atoms in total. The van der Waals surface area contributed by atoms with Gasteiger partial charge in [0.2, 0.25) is 0 Å². The van der Waals surface area contributed by atoms with Gasteiger partial charge in [0, 0.05) is 7.05 Å². The molecule has 2 atom stereocenters. The molecule has 1 saturated heterocycles. The maximum atomic E-state index is 11.6. The van der Waals surface area contributed by atoms with Gasteiger partial charge in [-0.25, -0.2) is 8.42 Å². The van der Waals surface area contributed by atoms with Gasteiger partial charge in [-0.15, -0.1) is 5.10 Å². The zero-order valence-electron chi connectivity index (χ0n) is 10.8. The van der Waals surface area contributed by atoms with Crippen LogP contribution in [0.25, 0.3) is 0 Å². The Balaban J connectivity index is 2.18. The number of hydrogen-bond donors (Lipinski definition) is 1. The van der Waals surface area contributed by atoms with Crippen LogP contribution in [-0.2, 0) is 16.9 Å². The number of rotatable bonds is 5. The van der Waals surface area contributed by atoms with Gasteiger partial charge in [0.15, 0.2) is 9.84 Å². The second-order valence-electron chi connectivity index (χ2n) is 4.88. The van der Waals surface area contributed by atoms with Crippen molar-refractivity contribution in [3.8, 4) is 0 Å². The van der Waals surface area contributed by atoms with Gasteiger partial charge in [0.1, 0.15) is 0 Å². The second kappa shape index (κ2) is 5.36. The fourth-order valence-electron chi connectivity index (χ4n) is 2.48. The third kappa shape index (κ3) is 2.89. The number of sulfone groups is 1. The Morgan fingerprint density at radius 2 is 2.39 bits per heavy atom. The van der Waals surface area contributed by atoms with E-state index in [1.54, 1.807) is 10.9 Å². The molecule has 1 aliphatic rings. The fourth-order valence-corrected chi connectivity index (χ4v) is 4.32. The first-order valence-corrected chi connectivity index (χ1v) is 8.14. The van der Waals surface area contributed by atoms with E-state index in [1.165, 1.54) is 0 Å². The summed E-state index contributed by atoms with van der Waals surface area (Å²) in [7, 11) is -1.02. The van der Waals surface area contributed by atoms with Crippen molar-refractivity contribution in [2.24, 2.45) is 13.0 Å². The van der Waals surface area contributed by atoms with Crippen LogP contribution >= 0.6 is 0 Å². The second-order valence-corrected chi connectivity index (χ2v) is 7.11. The van der Waals surface area contributed by atoms with E-state index >= 15 is 0 Å². The summed E-state index contributed by atoms with van der Waals surface area (Å²) in [6.07, 6.45) is 3.45. The maximum Gasteiger partial charge on any atom is 0.150 e. The van der Waals surface area contributed by atoms with Crippen LogP contribution in [-0.4, -0.2) is 41.5 Å². The van der Waals surface area contributed by atoms with Gasteiger partial charge in [-0.2, -0.15) is 0 Å². The minimum atomic E-state index is -2.86. The van der Waals surface area contributed by atoms with Crippen molar-refractivity contribution in [3.63, 3.8) is 0 Å². The lowest BCUT2D eigenvalue weighted by atomic mass is 9.96. The lowest BCUT2D eigenvalue weighted by Gasteiger charge is -2.23. The molecule has 1 aromatic heterocycles. The first-order chi connectivity index (χ1) is 8.53. The molecule has 1 N–H and O–H groups in total. The summed E-state index contributed by atoms with van der Waals surface area (Å²) in [6.45, 7) is 2.96. The SMILES string of the molecule is CCCNC(c1cnnn1C)C1CCS(=O)(=O)C1. The molecule has 1 fully saturated rings. The average molecular weight is 272 g/mol. The van der Waals surface area contributed by atoms with Crippen LogP contribution in [0.5, 0.6) is 0 Å². The van der Waals surface area contributed by atoms with E-state index in [-0.39, 0.29) is 17.7 Å². The molecule has 1 aliphatic heterocycles. The van der Waals surface area contributed by atoms with Crippen LogP contribution in [0, 0.1) is 5.92 Å². The predicted octanol–water partition coefficient (Wildman–Crippen LogP) is 0.290. The summed E-state index contributed by atoms with van der Waals surface area (Å²) < 4.78 is 24.9. The van der Waals surface area contributed by atoms with Crippen molar-refractivity contribution in [3.05, 3.63) is 11.9 Å². The number of hydrogen-bond acceptors (Lipinski definition) is 5. The molecule has 0 radical (unpaired) electrons. The van der Waals surface area contributed by atoms with Crippen LogP contribution in [0.2, 0.25) is 0 Å². The Labute approximate surface area is 108 Å². The number of aromatic nitrogens is 3. The Morgan fingerprint density at radius 1 is 1.61 bits per heavy atom. The molecule has 102 valence electrons. The molecular formula is C11H20N4O2S. The zero-order valence-corrected chi connectivity index (χ0v) is 11.7. The third-order valence-electron chi connectivity index (χ3n) is 3.42. The zero-order chi connectivity index (χ0) is 13.2. The quantitative estimate of drug-likeness (QED) is 0.833. The molecule has 0 aromatic carbocycles. The van der Waals surface area contributed by atoms with E-state index in [0.29, 0.717) is 5.75 Å². The smallest absolute Gasteiger partial charge is 0.150 e. The summed E-state index contributed by atoms with van der Waals surface area (Å²) in [4.78, 5) is 0. The minimum Gasteiger partial charge on any atom is -0.308 e. The van der Waals surface area contributed by atoms with Crippen molar-refractivity contribution in [2.45, 2.75) is 25.8 Å². The number of nitrogens with one attached hydrogen (secondary N) is 1. The normalized spacial score (nSPS) is 24.2. The van der Waals surface area contributed by atoms with Crippen LogP contribution in [0.3, 0.4) is 0 Å². The van der Waals surface area contributed by atoms with Gasteiger partial charge in [-0.05, 0) is 25.3 Å². The molecule has 0 saturated carbocycles. The summed E-state index contributed by atoms with van der Waals surface area (Å²) >= 11 is 0. The largest absolute Gasteiger partial charge is 0.308 e. The van der Waals surface area contributed by atoms with E-state index in [2.05, 4.69) is 22.6 Å². The van der Waals surface area contributed by atoms with E-state index < -0.39 is 9.84 Å². The van der Waals surface area contributed by atoms with Gasteiger partial charge in [0.05, 0.1) is 29.4 Å². The highest BCUT2D eigenvalue weighted by atomic mass is 32.2. The van der Waals surface area contributed by atoms with Crippen molar-refractivity contribution in [2.75, 3.05) is 18.1 Å². The molecule has 2 unspecified atom stereocenters. The maximum absolute atomic E-state index is 11.6. The van der Waals surface area contributed by atoms with E-state index in [0.717, 1.165) is 25.1 Å². The van der Waals surface area contributed by atoms with Gasteiger partial charge < -0.3 is 5.32 Å². The molecule has 2 rings (SSSR count). The van der Waals surface area contributed by atoms with Gasteiger partial charge in [-0.1, -0.05) is 12.1 Å². The average Bonchev–Trinajstić information content (AvgIpc) is 2.87.